The Labute approximate surface area is 307 Å². The highest BCUT2D eigenvalue weighted by Gasteiger charge is 2.19. The average molecular weight is 672 g/mol. The second kappa shape index (κ2) is 11.8. The second-order valence-electron chi connectivity index (χ2n) is 14.0. The van der Waals surface area contributed by atoms with Crippen molar-refractivity contribution < 1.29 is 0 Å². The average Bonchev–Trinajstić information content (AvgIpc) is 3.58. The van der Waals surface area contributed by atoms with Crippen molar-refractivity contribution in [3.05, 3.63) is 200 Å². The molecular weight excluding hydrogens is 639 g/mol. The lowest BCUT2D eigenvalue weighted by Crippen LogP contribution is -1.94. The number of benzene rings is 10. The van der Waals surface area contributed by atoms with Gasteiger partial charge >= 0.3 is 0 Å². The van der Waals surface area contributed by atoms with E-state index in [0.29, 0.717) is 0 Å². The van der Waals surface area contributed by atoms with Gasteiger partial charge in [-0.2, -0.15) is 0 Å². The molecule has 1 heterocycles. The summed E-state index contributed by atoms with van der Waals surface area (Å²) in [5.74, 6) is 0. The molecule has 0 aliphatic carbocycles. The Morgan fingerprint density at radius 1 is 0.264 bits per heavy atom. The van der Waals surface area contributed by atoms with Gasteiger partial charge in [0.05, 0.1) is 11.0 Å². The first kappa shape index (κ1) is 29.7. The molecule has 1 aromatic heterocycles. The van der Waals surface area contributed by atoms with E-state index in [1.54, 1.807) is 0 Å². The van der Waals surface area contributed by atoms with Crippen molar-refractivity contribution >= 4 is 64.9 Å². The highest BCUT2D eigenvalue weighted by Crippen LogP contribution is 2.46. The second-order valence-corrected chi connectivity index (χ2v) is 14.0. The largest absolute Gasteiger partial charge is 0.309 e. The minimum Gasteiger partial charge on any atom is -0.309 e. The summed E-state index contributed by atoms with van der Waals surface area (Å²) in [4.78, 5) is 0. The minimum atomic E-state index is 1.16. The molecule has 246 valence electrons. The number of aromatic nitrogens is 1. The van der Waals surface area contributed by atoms with Gasteiger partial charge in [-0.3, -0.25) is 0 Å². The van der Waals surface area contributed by atoms with Gasteiger partial charge < -0.3 is 4.57 Å². The Morgan fingerprint density at radius 2 is 0.736 bits per heavy atom. The van der Waals surface area contributed by atoms with Crippen LogP contribution < -0.4 is 0 Å². The lowest BCUT2D eigenvalue weighted by molar-refractivity contribution is 1.18. The third kappa shape index (κ3) is 4.58. The molecule has 0 aliphatic rings. The number of rotatable bonds is 4. The lowest BCUT2D eigenvalue weighted by atomic mass is 9.84. The molecule has 0 amide bonds. The minimum absolute atomic E-state index is 1.16. The van der Waals surface area contributed by atoms with E-state index in [-0.39, 0.29) is 0 Å². The fourth-order valence-electron chi connectivity index (χ4n) is 8.81. The highest BCUT2D eigenvalue weighted by atomic mass is 15.0. The van der Waals surface area contributed by atoms with Crippen LogP contribution in [0, 0.1) is 0 Å². The summed E-state index contributed by atoms with van der Waals surface area (Å²) in [6, 6.07) is 73.5. The molecule has 1 nitrogen and oxygen atoms in total. The summed E-state index contributed by atoms with van der Waals surface area (Å²) >= 11 is 0. The maximum absolute atomic E-state index is 2.46. The van der Waals surface area contributed by atoms with Crippen LogP contribution in [0.25, 0.3) is 104 Å². The number of para-hydroxylation sites is 2. The normalized spacial score (nSPS) is 11.8. The standard InChI is InChI=1S/C52H33N/c1-2-13-34(14-3-1)35-25-27-37(28-26-35)51-46-22-12-21-39(47(46)33-48-42-17-5-4-15-40(42)41-16-6-7-20-45(41)52(48)51)36-29-31-38(32-30-36)53-49-23-10-8-18-43(49)44-19-9-11-24-50(44)53/h1-33H. The fraction of sp³-hybridized carbons (Fsp3) is 0. The van der Waals surface area contributed by atoms with Crippen molar-refractivity contribution in [3.63, 3.8) is 0 Å². The predicted molar refractivity (Wildman–Crippen MR) is 227 cm³/mol. The summed E-state index contributed by atoms with van der Waals surface area (Å²) in [6.45, 7) is 0. The molecule has 1 heteroatoms. The predicted octanol–water partition coefficient (Wildman–Crippen LogP) is 14.4. The van der Waals surface area contributed by atoms with E-state index in [4.69, 9.17) is 0 Å². The Bertz CT molecular complexity index is 3130. The topological polar surface area (TPSA) is 4.93 Å². The van der Waals surface area contributed by atoms with Crippen LogP contribution in [-0.2, 0) is 0 Å². The molecular formula is C52H33N. The smallest absolute Gasteiger partial charge is 0.0541 e. The van der Waals surface area contributed by atoms with E-state index < -0.39 is 0 Å². The summed E-state index contributed by atoms with van der Waals surface area (Å²) in [6.07, 6.45) is 0. The molecule has 0 unspecified atom stereocenters. The van der Waals surface area contributed by atoms with E-state index in [2.05, 4.69) is 205 Å². The van der Waals surface area contributed by atoms with Crippen LogP contribution in [0.3, 0.4) is 0 Å². The van der Waals surface area contributed by atoms with E-state index >= 15 is 0 Å². The Kier molecular flexibility index (Phi) is 6.62. The van der Waals surface area contributed by atoms with Crippen LogP contribution in [0.4, 0.5) is 0 Å². The molecule has 0 N–H and O–H groups in total. The molecule has 11 rings (SSSR count). The molecule has 0 radical (unpaired) electrons. The zero-order chi connectivity index (χ0) is 34.9. The van der Waals surface area contributed by atoms with Crippen molar-refractivity contribution in [1.82, 2.24) is 4.57 Å². The maximum atomic E-state index is 2.46. The molecule has 0 saturated carbocycles. The maximum Gasteiger partial charge on any atom is 0.0541 e. The van der Waals surface area contributed by atoms with Gasteiger partial charge in [-0.15, -0.1) is 0 Å². The monoisotopic (exact) mass is 671 g/mol. The van der Waals surface area contributed by atoms with Crippen LogP contribution in [0.2, 0.25) is 0 Å². The first-order valence-corrected chi connectivity index (χ1v) is 18.4. The zero-order valence-corrected chi connectivity index (χ0v) is 29.0. The van der Waals surface area contributed by atoms with Crippen LogP contribution in [0.1, 0.15) is 0 Å². The summed E-state index contributed by atoms with van der Waals surface area (Å²) in [5.41, 5.74) is 11.0. The van der Waals surface area contributed by atoms with Gasteiger partial charge in [0.2, 0.25) is 0 Å². The van der Waals surface area contributed by atoms with E-state index in [1.807, 2.05) is 0 Å². The van der Waals surface area contributed by atoms with Crippen molar-refractivity contribution in [3.8, 4) is 39.1 Å². The summed E-state index contributed by atoms with van der Waals surface area (Å²) < 4.78 is 2.39. The molecule has 0 spiro atoms. The van der Waals surface area contributed by atoms with Crippen LogP contribution in [-0.4, -0.2) is 4.57 Å². The van der Waals surface area contributed by atoms with Crippen molar-refractivity contribution in [2.75, 3.05) is 0 Å². The molecule has 0 fully saturated rings. The third-order valence-corrected chi connectivity index (χ3v) is 11.2. The Hall–Kier alpha value is -6.96. The van der Waals surface area contributed by atoms with E-state index in [9.17, 15) is 0 Å². The fourth-order valence-corrected chi connectivity index (χ4v) is 8.81. The first-order chi connectivity index (χ1) is 26.3. The molecule has 0 atom stereocenters. The Balaban J connectivity index is 1.17. The third-order valence-electron chi connectivity index (χ3n) is 11.2. The van der Waals surface area contributed by atoms with Gasteiger partial charge in [0.25, 0.3) is 0 Å². The van der Waals surface area contributed by atoms with Crippen LogP contribution in [0.15, 0.2) is 200 Å². The molecule has 53 heavy (non-hydrogen) atoms. The van der Waals surface area contributed by atoms with Crippen molar-refractivity contribution in [2.45, 2.75) is 0 Å². The van der Waals surface area contributed by atoms with Crippen molar-refractivity contribution in [2.24, 2.45) is 0 Å². The van der Waals surface area contributed by atoms with Crippen LogP contribution in [0.5, 0.6) is 0 Å². The Morgan fingerprint density at radius 3 is 1.40 bits per heavy atom. The first-order valence-electron chi connectivity index (χ1n) is 18.4. The van der Waals surface area contributed by atoms with Gasteiger partial charge in [0.1, 0.15) is 0 Å². The number of hydrogen-bond donors (Lipinski definition) is 0. The zero-order valence-electron chi connectivity index (χ0n) is 29.0. The molecule has 0 aliphatic heterocycles. The van der Waals surface area contributed by atoms with Gasteiger partial charge in [-0.05, 0) is 107 Å². The molecule has 10 aromatic carbocycles. The van der Waals surface area contributed by atoms with E-state index in [0.717, 1.165) is 5.69 Å². The van der Waals surface area contributed by atoms with Gasteiger partial charge in [-0.25, -0.2) is 0 Å². The number of fused-ring (bicyclic) bond motifs is 10. The van der Waals surface area contributed by atoms with Gasteiger partial charge in [-0.1, -0.05) is 170 Å². The lowest BCUT2D eigenvalue weighted by Gasteiger charge is -2.19. The van der Waals surface area contributed by atoms with Gasteiger partial charge in [0.15, 0.2) is 0 Å². The SMILES string of the molecule is c1ccc(-c2ccc(-c3c4cccc(-c5ccc(-n6c7ccccc7c7ccccc76)cc5)c4cc4c5ccccc5c5ccccc5c34)cc2)cc1. The highest BCUT2D eigenvalue weighted by molar-refractivity contribution is 6.32. The molecule has 0 bridgehead atoms. The van der Waals surface area contributed by atoms with Gasteiger partial charge in [0, 0.05) is 16.5 Å². The number of hydrogen-bond acceptors (Lipinski definition) is 0. The molecule has 11 aromatic rings. The summed E-state index contributed by atoms with van der Waals surface area (Å²) in [5, 5.41) is 12.8. The number of nitrogens with zero attached hydrogens (tertiary/aromatic N) is 1. The van der Waals surface area contributed by atoms with Crippen LogP contribution >= 0.6 is 0 Å². The van der Waals surface area contributed by atoms with Crippen molar-refractivity contribution in [1.29, 1.82) is 0 Å². The van der Waals surface area contributed by atoms with E-state index in [1.165, 1.54) is 98.3 Å². The molecule has 0 saturated heterocycles. The summed E-state index contributed by atoms with van der Waals surface area (Å²) in [7, 11) is 0. The quantitative estimate of drug-likeness (QED) is 0.130.